The van der Waals surface area contributed by atoms with E-state index in [1.165, 1.54) is 17.0 Å². The summed E-state index contributed by atoms with van der Waals surface area (Å²) in [6, 6.07) is 18.5. The van der Waals surface area contributed by atoms with Gasteiger partial charge in [0, 0.05) is 29.7 Å². The van der Waals surface area contributed by atoms with Gasteiger partial charge in [0.1, 0.15) is 5.01 Å². The number of nitrogens with zero attached hydrogens (tertiary/aromatic N) is 4. The molecule has 8 heteroatoms. The molecule has 1 fully saturated rings. The number of aryl methyl sites for hydroxylation is 1. The average molecular weight is 446 g/mol. The lowest BCUT2D eigenvalue weighted by Gasteiger charge is -2.29. The van der Waals surface area contributed by atoms with Crippen molar-refractivity contribution in [3.63, 3.8) is 0 Å². The van der Waals surface area contributed by atoms with Gasteiger partial charge in [0.2, 0.25) is 11.0 Å². The number of benzene rings is 2. The Balaban J connectivity index is 1.43. The number of hydrogen-bond donors (Lipinski definition) is 1. The highest BCUT2D eigenvalue weighted by molar-refractivity contribution is 7.15. The molecule has 0 atom stereocenters. The number of pyridine rings is 1. The number of fused-ring (bicyclic) bond motifs is 1. The number of carbonyl (C=O) groups is 1. The van der Waals surface area contributed by atoms with Crippen LogP contribution in [0.2, 0.25) is 0 Å². The zero-order valence-corrected chi connectivity index (χ0v) is 18.6. The van der Waals surface area contributed by atoms with E-state index in [9.17, 15) is 4.79 Å². The molecule has 1 N–H and O–H groups in total. The number of anilines is 2. The summed E-state index contributed by atoms with van der Waals surface area (Å²) in [6.07, 6.45) is 0.222. The van der Waals surface area contributed by atoms with Crippen LogP contribution in [0.25, 0.3) is 22.2 Å². The van der Waals surface area contributed by atoms with Crippen LogP contribution in [0.4, 0.5) is 10.8 Å². The number of morpholine rings is 1. The van der Waals surface area contributed by atoms with E-state index in [1.54, 1.807) is 0 Å². The molecule has 1 aliphatic heterocycles. The van der Waals surface area contributed by atoms with Crippen LogP contribution in [0, 0.1) is 6.92 Å². The van der Waals surface area contributed by atoms with Crippen molar-refractivity contribution in [1.82, 2.24) is 15.2 Å². The molecule has 2 aromatic carbocycles. The van der Waals surface area contributed by atoms with Crippen molar-refractivity contribution in [3.8, 4) is 11.3 Å². The maximum Gasteiger partial charge on any atom is 0.230 e. The number of nitrogens with one attached hydrogen (secondary N) is 1. The van der Waals surface area contributed by atoms with Gasteiger partial charge in [-0.2, -0.15) is 0 Å². The van der Waals surface area contributed by atoms with Crippen molar-refractivity contribution in [2.45, 2.75) is 13.3 Å². The molecular formula is C24H23N5O2S. The number of rotatable bonds is 5. The Morgan fingerprint density at radius 1 is 1.09 bits per heavy atom. The topological polar surface area (TPSA) is 80.2 Å². The smallest absolute Gasteiger partial charge is 0.230 e. The molecule has 3 heterocycles. The Hall–Kier alpha value is -3.36. The van der Waals surface area contributed by atoms with E-state index in [0.29, 0.717) is 5.13 Å². The Morgan fingerprint density at radius 2 is 1.94 bits per heavy atom. The first-order valence-corrected chi connectivity index (χ1v) is 11.4. The van der Waals surface area contributed by atoms with Crippen LogP contribution < -0.4 is 10.2 Å². The number of para-hydroxylation sites is 1. The summed E-state index contributed by atoms with van der Waals surface area (Å²) < 4.78 is 5.47. The molecule has 162 valence electrons. The fourth-order valence-corrected chi connectivity index (χ4v) is 4.49. The predicted molar refractivity (Wildman–Crippen MR) is 127 cm³/mol. The molecule has 0 unspecified atom stereocenters. The van der Waals surface area contributed by atoms with E-state index in [-0.39, 0.29) is 12.3 Å². The number of carbonyl (C=O) groups excluding carboxylic acids is 1. The maximum atomic E-state index is 12.6. The monoisotopic (exact) mass is 445 g/mol. The van der Waals surface area contributed by atoms with Gasteiger partial charge in [0.25, 0.3) is 0 Å². The lowest BCUT2D eigenvalue weighted by Crippen LogP contribution is -2.36. The van der Waals surface area contributed by atoms with Crippen LogP contribution in [0.3, 0.4) is 0 Å². The van der Waals surface area contributed by atoms with Gasteiger partial charge in [-0.15, -0.1) is 10.2 Å². The van der Waals surface area contributed by atoms with Crippen molar-refractivity contribution in [1.29, 1.82) is 0 Å². The zero-order valence-electron chi connectivity index (χ0n) is 17.7. The SMILES string of the molecule is Cc1nnc(NC(=O)Cc2cccc3ccc(-c4cccc(N5CCOCC5)c4)nc23)s1. The molecule has 1 saturated heterocycles. The van der Waals surface area contributed by atoms with Gasteiger partial charge >= 0.3 is 0 Å². The molecule has 2 aromatic heterocycles. The summed E-state index contributed by atoms with van der Waals surface area (Å²) >= 11 is 1.36. The molecule has 0 aliphatic carbocycles. The summed E-state index contributed by atoms with van der Waals surface area (Å²) in [7, 11) is 0. The highest BCUT2D eigenvalue weighted by atomic mass is 32.1. The van der Waals surface area contributed by atoms with Crippen molar-refractivity contribution in [2.75, 3.05) is 36.5 Å². The molecule has 5 rings (SSSR count). The first-order chi connectivity index (χ1) is 15.7. The van der Waals surface area contributed by atoms with Gasteiger partial charge in [-0.1, -0.05) is 47.7 Å². The molecule has 0 radical (unpaired) electrons. The highest BCUT2D eigenvalue weighted by Crippen LogP contribution is 2.27. The number of amides is 1. The number of hydrogen-bond acceptors (Lipinski definition) is 7. The van der Waals surface area contributed by atoms with Gasteiger partial charge in [-0.05, 0) is 30.7 Å². The molecule has 1 aliphatic rings. The Morgan fingerprint density at radius 3 is 2.75 bits per heavy atom. The van der Waals surface area contributed by atoms with Gasteiger partial charge in [-0.3, -0.25) is 4.79 Å². The molecule has 0 spiro atoms. The fourth-order valence-electron chi connectivity index (χ4n) is 3.88. The van der Waals surface area contributed by atoms with E-state index >= 15 is 0 Å². The van der Waals surface area contributed by atoms with Crippen LogP contribution in [-0.4, -0.2) is 47.4 Å². The van der Waals surface area contributed by atoms with Gasteiger partial charge in [-0.25, -0.2) is 4.98 Å². The Bertz CT molecular complexity index is 1270. The van der Waals surface area contributed by atoms with Gasteiger partial charge in [0.05, 0.1) is 30.8 Å². The molecule has 1 amide bonds. The first-order valence-electron chi connectivity index (χ1n) is 10.6. The van der Waals surface area contributed by atoms with Crippen LogP contribution in [-0.2, 0) is 16.0 Å². The summed E-state index contributed by atoms with van der Waals surface area (Å²) in [4.78, 5) is 19.9. The highest BCUT2D eigenvalue weighted by Gasteiger charge is 2.14. The molecule has 0 saturated carbocycles. The van der Waals surface area contributed by atoms with Crippen LogP contribution >= 0.6 is 11.3 Å². The summed E-state index contributed by atoms with van der Waals surface area (Å²) in [5, 5.41) is 13.1. The lowest BCUT2D eigenvalue weighted by atomic mass is 10.0. The third-order valence-electron chi connectivity index (χ3n) is 5.45. The van der Waals surface area contributed by atoms with Crippen LogP contribution in [0.15, 0.2) is 54.6 Å². The number of ether oxygens (including phenoxy) is 1. The third kappa shape index (κ3) is 4.46. The van der Waals surface area contributed by atoms with Crippen molar-refractivity contribution in [2.24, 2.45) is 0 Å². The van der Waals surface area contributed by atoms with Crippen LogP contribution in [0.5, 0.6) is 0 Å². The molecule has 7 nitrogen and oxygen atoms in total. The van der Waals surface area contributed by atoms with E-state index in [1.807, 2.05) is 31.2 Å². The second-order valence-corrected chi connectivity index (χ2v) is 8.87. The van der Waals surface area contributed by atoms with Crippen molar-refractivity contribution < 1.29 is 9.53 Å². The minimum absolute atomic E-state index is 0.129. The average Bonchev–Trinajstić information content (AvgIpc) is 3.24. The zero-order chi connectivity index (χ0) is 21.9. The maximum absolute atomic E-state index is 12.6. The largest absolute Gasteiger partial charge is 0.378 e. The lowest BCUT2D eigenvalue weighted by molar-refractivity contribution is -0.115. The third-order valence-corrected chi connectivity index (χ3v) is 6.20. The van der Waals surface area contributed by atoms with Crippen LogP contribution in [0.1, 0.15) is 10.6 Å². The van der Waals surface area contributed by atoms with Crippen molar-refractivity contribution >= 4 is 39.0 Å². The van der Waals surface area contributed by atoms with E-state index < -0.39 is 0 Å². The molecular weight excluding hydrogens is 422 g/mol. The second-order valence-electron chi connectivity index (χ2n) is 7.69. The predicted octanol–water partition coefficient (Wildman–Crippen LogP) is 4.08. The minimum atomic E-state index is -0.129. The molecule has 4 aromatic rings. The summed E-state index contributed by atoms with van der Waals surface area (Å²) in [6.45, 7) is 5.14. The normalized spacial score (nSPS) is 14.0. The Labute approximate surface area is 190 Å². The Kier molecular flexibility index (Phi) is 5.79. The summed E-state index contributed by atoms with van der Waals surface area (Å²) in [5.74, 6) is -0.129. The van der Waals surface area contributed by atoms with E-state index in [2.05, 4.69) is 50.7 Å². The van der Waals surface area contributed by atoms with Gasteiger partial charge in [0.15, 0.2) is 0 Å². The molecule has 32 heavy (non-hydrogen) atoms. The minimum Gasteiger partial charge on any atom is -0.378 e. The van der Waals surface area contributed by atoms with Crippen molar-refractivity contribution in [3.05, 3.63) is 65.2 Å². The second kappa shape index (κ2) is 9.02. The standard InChI is InChI=1S/C24H23N5O2S/c1-16-27-28-24(32-16)26-22(30)15-19-6-2-4-17-8-9-21(25-23(17)19)18-5-3-7-20(14-18)29-10-12-31-13-11-29/h2-9,14H,10-13,15H2,1H3,(H,26,28,30). The number of aromatic nitrogens is 3. The van der Waals surface area contributed by atoms with Gasteiger partial charge < -0.3 is 15.0 Å². The fraction of sp³-hybridized carbons (Fsp3) is 0.250. The molecule has 0 bridgehead atoms. The summed E-state index contributed by atoms with van der Waals surface area (Å²) in [5.41, 5.74) is 4.84. The van der Waals surface area contributed by atoms with E-state index in [4.69, 9.17) is 9.72 Å². The quantitative estimate of drug-likeness (QED) is 0.499. The van der Waals surface area contributed by atoms with E-state index in [0.717, 1.165) is 59.0 Å². The first kappa shape index (κ1) is 20.5.